The fourth-order valence-corrected chi connectivity index (χ4v) is 3.89. The summed E-state index contributed by atoms with van der Waals surface area (Å²) in [6.07, 6.45) is 2.59. The van der Waals surface area contributed by atoms with E-state index in [1.54, 1.807) is 6.07 Å². The minimum Gasteiger partial charge on any atom is -0.334 e. The van der Waals surface area contributed by atoms with Crippen LogP contribution in [0.3, 0.4) is 0 Å². The van der Waals surface area contributed by atoms with Crippen LogP contribution in [0.5, 0.6) is 0 Å². The average Bonchev–Trinajstić information content (AvgIpc) is 3.12. The van der Waals surface area contributed by atoms with Crippen LogP contribution in [0, 0.1) is 0 Å². The second-order valence-corrected chi connectivity index (χ2v) is 7.71. The second kappa shape index (κ2) is 8.26. The lowest BCUT2D eigenvalue weighted by Crippen LogP contribution is -2.41. The van der Waals surface area contributed by atoms with E-state index in [9.17, 15) is 14.4 Å². The smallest absolute Gasteiger partial charge is 0.329 e. The first-order valence-electron chi connectivity index (χ1n) is 10.0. The van der Waals surface area contributed by atoms with Gasteiger partial charge in [-0.15, -0.1) is 0 Å². The van der Waals surface area contributed by atoms with Crippen molar-refractivity contribution in [2.45, 2.75) is 58.5 Å². The van der Waals surface area contributed by atoms with Crippen LogP contribution in [0.25, 0.3) is 11.0 Å². The number of rotatable bonds is 6. The Bertz CT molecular complexity index is 992. The van der Waals surface area contributed by atoms with Crippen LogP contribution < -0.4 is 16.6 Å². The molecule has 152 valence electrons. The molecule has 8 heteroatoms. The van der Waals surface area contributed by atoms with Crippen molar-refractivity contribution in [1.82, 2.24) is 24.8 Å². The van der Waals surface area contributed by atoms with E-state index in [-0.39, 0.29) is 23.3 Å². The highest BCUT2D eigenvalue weighted by atomic mass is 16.2. The molecule has 1 atom stereocenters. The number of amides is 1. The summed E-state index contributed by atoms with van der Waals surface area (Å²) in [7, 11) is 1.87. The van der Waals surface area contributed by atoms with E-state index in [4.69, 9.17) is 0 Å². The number of nitrogens with one attached hydrogen (secondary N) is 2. The lowest BCUT2D eigenvalue weighted by atomic mass is 10.0. The van der Waals surface area contributed by atoms with Gasteiger partial charge in [-0.3, -0.25) is 19.1 Å². The molecule has 8 nitrogen and oxygen atoms in total. The van der Waals surface area contributed by atoms with Gasteiger partial charge in [-0.05, 0) is 38.3 Å². The molecule has 2 N–H and O–H groups in total. The molecule has 1 unspecified atom stereocenters. The van der Waals surface area contributed by atoms with Crippen LogP contribution in [0.15, 0.2) is 15.7 Å². The SMILES string of the molecule is CCCn1c(=O)[nH]c(=O)c2c(C(=O)N3CCCC3CNC)cc(C(C)C)nc21. The third kappa shape index (κ3) is 3.61. The zero-order valence-electron chi connectivity index (χ0n) is 17.0. The predicted octanol–water partition coefficient (Wildman–Crippen LogP) is 1.44. The maximum Gasteiger partial charge on any atom is 0.329 e. The highest BCUT2D eigenvalue weighted by molar-refractivity contribution is 6.05. The number of carbonyl (C=O) groups is 1. The van der Waals surface area contributed by atoms with Gasteiger partial charge in [0.25, 0.3) is 11.5 Å². The molecule has 0 bridgehead atoms. The van der Waals surface area contributed by atoms with Crippen molar-refractivity contribution in [2.75, 3.05) is 20.1 Å². The van der Waals surface area contributed by atoms with Crippen molar-refractivity contribution in [2.24, 2.45) is 0 Å². The fourth-order valence-electron chi connectivity index (χ4n) is 3.89. The number of fused-ring (bicyclic) bond motifs is 1. The van der Waals surface area contributed by atoms with Gasteiger partial charge in [-0.1, -0.05) is 20.8 Å². The molecule has 1 aliphatic heterocycles. The van der Waals surface area contributed by atoms with E-state index >= 15 is 0 Å². The molecular formula is C20H29N5O3. The molecule has 0 radical (unpaired) electrons. The van der Waals surface area contributed by atoms with Gasteiger partial charge in [0.1, 0.15) is 0 Å². The number of aromatic nitrogens is 3. The molecule has 1 fully saturated rings. The zero-order valence-corrected chi connectivity index (χ0v) is 17.0. The lowest BCUT2D eigenvalue weighted by Gasteiger charge is -2.25. The number of aryl methyl sites for hydroxylation is 1. The van der Waals surface area contributed by atoms with Gasteiger partial charge in [-0.25, -0.2) is 9.78 Å². The third-order valence-corrected chi connectivity index (χ3v) is 5.32. The normalized spacial score (nSPS) is 17.0. The van der Waals surface area contributed by atoms with E-state index in [2.05, 4.69) is 15.3 Å². The number of pyridine rings is 1. The Labute approximate surface area is 164 Å². The number of aromatic amines is 1. The number of hydrogen-bond acceptors (Lipinski definition) is 5. The molecule has 28 heavy (non-hydrogen) atoms. The lowest BCUT2D eigenvalue weighted by molar-refractivity contribution is 0.0738. The highest BCUT2D eigenvalue weighted by Crippen LogP contribution is 2.25. The molecule has 1 saturated heterocycles. The minimum absolute atomic E-state index is 0.0621. The van der Waals surface area contributed by atoms with Gasteiger partial charge in [0.15, 0.2) is 5.65 Å². The fraction of sp³-hybridized carbons (Fsp3) is 0.600. The molecule has 0 spiro atoms. The van der Waals surface area contributed by atoms with Crippen molar-refractivity contribution in [3.05, 3.63) is 38.2 Å². The zero-order chi connectivity index (χ0) is 20.4. The first kappa shape index (κ1) is 20.3. The molecule has 1 amide bonds. The van der Waals surface area contributed by atoms with Gasteiger partial charge in [0.2, 0.25) is 0 Å². The minimum atomic E-state index is -0.553. The Morgan fingerprint density at radius 1 is 1.39 bits per heavy atom. The van der Waals surface area contributed by atoms with Crippen molar-refractivity contribution >= 4 is 16.9 Å². The number of hydrogen-bond donors (Lipinski definition) is 2. The summed E-state index contributed by atoms with van der Waals surface area (Å²) in [6, 6.07) is 1.82. The summed E-state index contributed by atoms with van der Waals surface area (Å²) in [6.45, 7) is 7.73. The second-order valence-electron chi connectivity index (χ2n) is 7.71. The monoisotopic (exact) mass is 387 g/mol. The maximum atomic E-state index is 13.5. The Balaban J connectivity index is 2.26. The Kier molecular flexibility index (Phi) is 5.98. The summed E-state index contributed by atoms with van der Waals surface area (Å²) in [5, 5.41) is 3.34. The van der Waals surface area contributed by atoms with E-state index < -0.39 is 11.2 Å². The molecule has 1 aliphatic rings. The van der Waals surface area contributed by atoms with Gasteiger partial charge in [-0.2, -0.15) is 0 Å². The van der Waals surface area contributed by atoms with Gasteiger partial charge >= 0.3 is 5.69 Å². The van der Waals surface area contributed by atoms with Gasteiger partial charge in [0, 0.05) is 31.4 Å². The molecule has 2 aromatic heterocycles. The number of carbonyl (C=O) groups excluding carboxylic acids is 1. The molecular weight excluding hydrogens is 358 g/mol. The first-order valence-corrected chi connectivity index (χ1v) is 10.0. The summed E-state index contributed by atoms with van der Waals surface area (Å²) in [4.78, 5) is 47.3. The van der Waals surface area contributed by atoms with Crippen molar-refractivity contribution < 1.29 is 4.79 Å². The summed E-state index contributed by atoms with van der Waals surface area (Å²) < 4.78 is 1.47. The number of H-pyrrole nitrogens is 1. The summed E-state index contributed by atoms with van der Waals surface area (Å²) in [5.41, 5.74) is 0.302. The molecule has 0 aliphatic carbocycles. The Morgan fingerprint density at radius 2 is 2.14 bits per heavy atom. The number of likely N-dealkylation sites (N-methyl/N-ethyl adjacent to an activating group) is 1. The first-order chi connectivity index (χ1) is 13.4. The van der Waals surface area contributed by atoms with E-state index in [1.165, 1.54) is 4.57 Å². The van der Waals surface area contributed by atoms with Crippen LogP contribution in [-0.2, 0) is 6.54 Å². The molecule has 0 aromatic carbocycles. The van der Waals surface area contributed by atoms with Gasteiger partial charge in [0.05, 0.1) is 10.9 Å². The highest BCUT2D eigenvalue weighted by Gasteiger charge is 2.31. The van der Waals surface area contributed by atoms with Gasteiger partial charge < -0.3 is 10.2 Å². The quantitative estimate of drug-likeness (QED) is 0.781. The van der Waals surface area contributed by atoms with Crippen LogP contribution in [0.2, 0.25) is 0 Å². The van der Waals surface area contributed by atoms with Crippen molar-refractivity contribution in [3.8, 4) is 0 Å². The van der Waals surface area contributed by atoms with Crippen LogP contribution in [-0.4, -0.2) is 51.5 Å². The van der Waals surface area contributed by atoms with E-state index in [0.717, 1.165) is 12.8 Å². The Hall–Kier alpha value is -2.48. The molecule has 0 saturated carbocycles. The standard InChI is InChI=1S/C20H29N5O3/c1-5-8-25-17-16(18(26)23-20(25)28)14(10-15(22-17)12(2)3)19(27)24-9-6-7-13(24)11-21-4/h10,12-13,21H,5-9,11H2,1-4H3,(H,23,26,28). The number of likely N-dealkylation sites (tertiary alicyclic amines) is 1. The maximum absolute atomic E-state index is 13.5. The topological polar surface area (TPSA) is 100 Å². The average molecular weight is 387 g/mol. The molecule has 2 aromatic rings. The van der Waals surface area contributed by atoms with Crippen LogP contribution >= 0.6 is 0 Å². The third-order valence-electron chi connectivity index (χ3n) is 5.32. The van der Waals surface area contributed by atoms with E-state index in [0.29, 0.717) is 43.0 Å². The van der Waals surface area contributed by atoms with Crippen molar-refractivity contribution in [3.63, 3.8) is 0 Å². The predicted molar refractivity (Wildman–Crippen MR) is 109 cm³/mol. The van der Waals surface area contributed by atoms with Crippen molar-refractivity contribution in [1.29, 1.82) is 0 Å². The van der Waals surface area contributed by atoms with E-state index in [1.807, 2.05) is 32.7 Å². The van der Waals surface area contributed by atoms with Crippen LogP contribution in [0.4, 0.5) is 0 Å². The summed E-state index contributed by atoms with van der Waals surface area (Å²) >= 11 is 0. The van der Waals surface area contributed by atoms with Crippen LogP contribution in [0.1, 0.15) is 62.0 Å². The largest absolute Gasteiger partial charge is 0.334 e. The molecule has 3 heterocycles. The summed E-state index contributed by atoms with van der Waals surface area (Å²) in [5.74, 6) is -0.105. The Morgan fingerprint density at radius 3 is 2.79 bits per heavy atom. The molecule has 3 rings (SSSR count). The number of nitrogens with zero attached hydrogens (tertiary/aromatic N) is 3.